The summed E-state index contributed by atoms with van der Waals surface area (Å²) in [4.78, 5) is 37.3. The molecule has 9 heteroatoms. The molecule has 0 aliphatic heterocycles. The maximum absolute atomic E-state index is 11.7. The topological polar surface area (TPSA) is 129 Å². The fourth-order valence-electron chi connectivity index (χ4n) is 2.68. The Bertz CT molecular complexity index is 1200. The van der Waals surface area contributed by atoms with Gasteiger partial charge >= 0.3 is 16.9 Å². The molecule has 28 heavy (non-hydrogen) atoms. The minimum absolute atomic E-state index is 0.0611. The third-order valence-electron chi connectivity index (χ3n) is 4.00. The zero-order valence-corrected chi connectivity index (χ0v) is 15.1. The molecule has 0 fully saturated rings. The van der Waals surface area contributed by atoms with Gasteiger partial charge in [-0.2, -0.15) is 0 Å². The highest BCUT2D eigenvalue weighted by Gasteiger charge is 2.18. The fourth-order valence-corrected chi connectivity index (χ4v) is 2.88. The van der Waals surface area contributed by atoms with Crippen molar-refractivity contribution in [3.63, 3.8) is 0 Å². The maximum atomic E-state index is 11.7. The number of phenols is 1. The first-order valence-electron chi connectivity index (χ1n) is 8.09. The van der Waals surface area contributed by atoms with Crippen LogP contribution in [-0.2, 0) is 6.42 Å². The summed E-state index contributed by atoms with van der Waals surface area (Å²) in [5.74, 6) is -0.0611. The van der Waals surface area contributed by atoms with Gasteiger partial charge in [-0.15, -0.1) is 0 Å². The second-order valence-electron chi connectivity index (χ2n) is 5.92. The molecule has 0 radical (unpaired) electrons. The Morgan fingerprint density at radius 2 is 1.86 bits per heavy atom. The molecule has 1 heterocycles. The molecule has 0 aliphatic carbocycles. The molecule has 0 aliphatic rings. The van der Waals surface area contributed by atoms with Gasteiger partial charge in [-0.3, -0.25) is 19.9 Å². The molecule has 142 valence electrons. The van der Waals surface area contributed by atoms with Crippen molar-refractivity contribution in [2.45, 2.75) is 6.42 Å². The van der Waals surface area contributed by atoms with E-state index in [0.717, 1.165) is 11.1 Å². The Balaban J connectivity index is 1.97. The summed E-state index contributed by atoms with van der Waals surface area (Å²) in [6, 6.07) is 12.3. The van der Waals surface area contributed by atoms with Gasteiger partial charge in [0.05, 0.1) is 4.92 Å². The molecule has 0 unspecified atom stereocenters. The summed E-state index contributed by atoms with van der Waals surface area (Å²) in [5.41, 5.74) is -0.923. The number of rotatable bonds is 5. The molecule has 3 rings (SSSR count). The number of halogens is 1. The summed E-state index contributed by atoms with van der Waals surface area (Å²) in [6.07, 6.45) is 3.09. The summed E-state index contributed by atoms with van der Waals surface area (Å²) in [7, 11) is 0. The summed E-state index contributed by atoms with van der Waals surface area (Å²) >= 11 is 6.17. The number of benzene rings is 2. The largest absolute Gasteiger partial charge is 0.507 e. The van der Waals surface area contributed by atoms with Crippen molar-refractivity contribution in [1.82, 2.24) is 9.97 Å². The van der Waals surface area contributed by atoms with Gasteiger partial charge < -0.3 is 10.1 Å². The van der Waals surface area contributed by atoms with Crippen molar-refractivity contribution in [2.24, 2.45) is 0 Å². The highest BCUT2D eigenvalue weighted by atomic mass is 35.5. The number of nitrogens with one attached hydrogen (secondary N) is 2. The predicted octanol–water partition coefficient (Wildman–Crippen LogP) is 3.09. The number of phenolic OH excluding ortho intramolecular Hbond substituents is 1. The number of H-pyrrole nitrogens is 2. The molecule has 1 aromatic heterocycles. The fraction of sp³-hybridized carbons (Fsp3) is 0.0526. The Kier molecular flexibility index (Phi) is 5.42. The normalized spacial score (nSPS) is 11.0. The maximum Gasteiger partial charge on any atom is 0.357 e. The van der Waals surface area contributed by atoms with Crippen LogP contribution >= 0.6 is 11.6 Å². The lowest BCUT2D eigenvalue weighted by atomic mass is 10.0. The van der Waals surface area contributed by atoms with Crippen molar-refractivity contribution in [3.8, 4) is 5.75 Å². The van der Waals surface area contributed by atoms with Crippen LogP contribution in [0.2, 0.25) is 5.02 Å². The minimum Gasteiger partial charge on any atom is -0.507 e. The van der Waals surface area contributed by atoms with Crippen LogP contribution in [0.3, 0.4) is 0 Å². The summed E-state index contributed by atoms with van der Waals surface area (Å²) in [5, 5.41) is 21.8. The average Bonchev–Trinajstić information content (AvgIpc) is 2.63. The Hall–Kier alpha value is -3.65. The highest BCUT2D eigenvalue weighted by Crippen LogP contribution is 2.25. The van der Waals surface area contributed by atoms with E-state index in [1.54, 1.807) is 18.2 Å². The van der Waals surface area contributed by atoms with Crippen molar-refractivity contribution in [3.05, 3.63) is 101 Å². The van der Waals surface area contributed by atoms with Crippen LogP contribution in [0, 0.1) is 10.1 Å². The van der Waals surface area contributed by atoms with Crippen LogP contribution in [-0.4, -0.2) is 20.0 Å². The summed E-state index contributed by atoms with van der Waals surface area (Å²) < 4.78 is 0. The minimum atomic E-state index is -1.11. The molecule has 0 atom stereocenters. The van der Waals surface area contributed by atoms with Crippen LogP contribution in [0.4, 0.5) is 5.69 Å². The lowest BCUT2D eigenvalue weighted by Crippen LogP contribution is -2.25. The molecule has 0 bridgehead atoms. The van der Waals surface area contributed by atoms with E-state index in [4.69, 9.17) is 11.6 Å². The van der Waals surface area contributed by atoms with E-state index in [2.05, 4.69) is 4.98 Å². The van der Waals surface area contributed by atoms with E-state index in [1.165, 1.54) is 18.2 Å². The van der Waals surface area contributed by atoms with Crippen LogP contribution in [0.1, 0.15) is 22.4 Å². The van der Waals surface area contributed by atoms with Crippen LogP contribution in [0.25, 0.3) is 12.2 Å². The average molecular weight is 400 g/mol. The molecule has 8 nitrogen and oxygen atoms in total. The Morgan fingerprint density at radius 3 is 2.57 bits per heavy atom. The standard InChI is InChI=1S/C19H14ClN3O5/c20-14-4-2-1-3-12(14)9-11-5-8-16(24)13(10-11)6-7-15-17(23(27)28)18(25)22-19(26)21-15/h1-8,10,24H,9H2,(H2,21,22,25,26). The van der Waals surface area contributed by atoms with Gasteiger partial charge in [-0.05, 0) is 47.9 Å². The van der Waals surface area contributed by atoms with Gasteiger partial charge in [0.2, 0.25) is 0 Å². The third kappa shape index (κ3) is 4.18. The number of hydrogen-bond acceptors (Lipinski definition) is 5. The molecule has 0 saturated heterocycles. The van der Waals surface area contributed by atoms with Crippen molar-refractivity contribution in [1.29, 1.82) is 0 Å². The second kappa shape index (κ2) is 7.93. The van der Waals surface area contributed by atoms with E-state index in [0.29, 0.717) is 17.0 Å². The number of hydrogen-bond donors (Lipinski definition) is 3. The van der Waals surface area contributed by atoms with Gasteiger partial charge in [-0.25, -0.2) is 4.79 Å². The zero-order valence-electron chi connectivity index (χ0n) is 14.3. The molecular formula is C19H14ClN3O5. The smallest absolute Gasteiger partial charge is 0.357 e. The molecule has 3 N–H and O–H groups in total. The van der Waals surface area contributed by atoms with Crippen LogP contribution < -0.4 is 11.2 Å². The lowest BCUT2D eigenvalue weighted by molar-refractivity contribution is -0.386. The molecule has 0 amide bonds. The van der Waals surface area contributed by atoms with Crippen molar-refractivity contribution >= 4 is 29.4 Å². The van der Waals surface area contributed by atoms with Crippen LogP contribution in [0.5, 0.6) is 5.75 Å². The van der Waals surface area contributed by atoms with Crippen molar-refractivity contribution in [2.75, 3.05) is 0 Å². The van der Waals surface area contributed by atoms with Gasteiger partial charge in [0, 0.05) is 10.6 Å². The molecule has 0 saturated carbocycles. The monoisotopic (exact) mass is 399 g/mol. The second-order valence-corrected chi connectivity index (χ2v) is 6.33. The van der Waals surface area contributed by atoms with Gasteiger partial charge in [0.25, 0.3) is 0 Å². The van der Waals surface area contributed by atoms with E-state index < -0.39 is 21.9 Å². The zero-order chi connectivity index (χ0) is 20.3. The number of aromatic hydroxyl groups is 1. The number of nitrogens with zero attached hydrogens (tertiary/aromatic N) is 1. The van der Waals surface area contributed by atoms with Gasteiger partial charge in [-0.1, -0.05) is 35.9 Å². The van der Waals surface area contributed by atoms with E-state index in [9.17, 15) is 24.8 Å². The number of nitro groups is 1. The lowest BCUT2D eigenvalue weighted by Gasteiger charge is -2.07. The van der Waals surface area contributed by atoms with Gasteiger partial charge in [0.15, 0.2) is 0 Å². The quantitative estimate of drug-likeness (QED) is 0.448. The number of aromatic amines is 2. The Morgan fingerprint density at radius 1 is 1.11 bits per heavy atom. The summed E-state index contributed by atoms with van der Waals surface area (Å²) in [6.45, 7) is 0. The molecule has 2 aromatic carbocycles. The van der Waals surface area contributed by atoms with Crippen molar-refractivity contribution < 1.29 is 10.0 Å². The third-order valence-corrected chi connectivity index (χ3v) is 4.37. The van der Waals surface area contributed by atoms with Crippen LogP contribution in [0.15, 0.2) is 52.1 Å². The molecule has 0 spiro atoms. The Labute approximate surface area is 162 Å². The SMILES string of the molecule is O=c1[nH]c(C=Cc2cc(Cc3ccccc3Cl)ccc2O)c([N+](=O)[O-])c(=O)[nH]1. The first kappa shape index (κ1) is 19.1. The van der Waals surface area contributed by atoms with E-state index >= 15 is 0 Å². The first-order chi connectivity index (χ1) is 13.3. The molecule has 3 aromatic rings. The first-order valence-corrected chi connectivity index (χ1v) is 8.47. The predicted molar refractivity (Wildman–Crippen MR) is 106 cm³/mol. The highest BCUT2D eigenvalue weighted by molar-refractivity contribution is 6.31. The van der Waals surface area contributed by atoms with E-state index in [-0.39, 0.29) is 11.4 Å². The van der Waals surface area contributed by atoms with Gasteiger partial charge in [0.1, 0.15) is 11.4 Å². The molecular weight excluding hydrogens is 386 g/mol. The van der Waals surface area contributed by atoms with E-state index in [1.807, 2.05) is 23.2 Å². The number of aromatic nitrogens is 2.